The van der Waals surface area contributed by atoms with Crippen LogP contribution in [0.4, 0.5) is 22.0 Å². The minimum absolute atomic E-state index is 0. The van der Waals surface area contributed by atoms with Crippen molar-refractivity contribution < 1.29 is 30.4 Å². The van der Waals surface area contributed by atoms with Crippen molar-refractivity contribution in [1.82, 2.24) is 4.72 Å². The number of sulfonamides is 1. The highest BCUT2D eigenvalue weighted by atomic mass is 35.5. The fourth-order valence-corrected chi connectivity index (χ4v) is 2.57. The molecule has 0 saturated carbocycles. The molecule has 0 atom stereocenters. The van der Waals surface area contributed by atoms with E-state index in [0.717, 1.165) is 12.1 Å². The molecule has 0 aromatic heterocycles. The molecule has 0 amide bonds. The fourth-order valence-electron chi connectivity index (χ4n) is 1.29. The Balaban J connectivity index is 0.00000400. The van der Waals surface area contributed by atoms with Crippen LogP contribution < -0.4 is 10.5 Å². The third-order valence-electron chi connectivity index (χ3n) is 2.30. The quantitative estimate of drug-likeness (QED) is 0.794. The van der Waals surface area contributed by atoms with Gasteiger partial charge in [-0.1, -0.05) is 12.1 Å². The van der Waals surface area contributed by atoms with E-state index in [4.69, 9.17) is 5.73 Å². The van der Waals surface area contributed by atoms with Crippen molar-refractivity contribution in [2.75, 3.05) is 13.1 Å². The summed E-state index contributed by atoms with van der Waals surface area (Å²) in [4.78, 5) is -1.11. The summed E-state index contributed by atoms with van der Waals surface area (Å²) in [7, 11) is -4.72. The predicted octanol–water partition coefficient (Wildman–Crippen LogP) is 2.00. The van der Waals surface area contributed by atoms with Gasteiger partial charge in [-0.15, -0.1) is 12.4 Å². The highest BCUT2D eigenvalue weighted by molar-refractivity contribution is 7.89. The molecule has 3 N–H and O–H groups in total. The van der Waals surface area contributed by atoms with E-state index >= 15 is 0 Å². The van der Waals surface area contributed by atoms with Gasteiger partial charge in [0.05, 0.1) is 23.5 Å². The molecule has 0 unspecified atom stereocenters. The number of halogens is 6. The van der Waals surface area contributed by atoms with E-state index in [1.807, 2.05) is 0 Å². The Kier molecular flexibility index (Phi) is 6.54. The molecular formula is C10H12ClF5N2O2S. The second kappa shape index (κ2) is 6.86. The van der Waals surface area contributed by atoms with Crippen molar-refractivity contribution in [3.8, 4) is 0 Å². The smallest absolute Gasteiger partial charge is 0.325 e. The Hall–Kier alpha value is -0.970. The second-order valence-corrected chi connectivity index (χ2v) is 5.61. The monoisotopic (exact) mass is 354 g/mol. The van der Waals surface area contributed by atoms with Crippen molar-refractivity contribution in [3.63, 3.8) is 0 Å². The number of nitrogens with one attached hydrogen (secondary N) is 1. The van der Waals surface area contributed by atoms with Crippen molar-refractivity contribution in [2.24, 2.45) is 5.73 Å². The van der Waals surface area contributed by atoms with Gasteiger partial charge >= 0.3 is 6.18 Å². The molecule has 0 aliphatic rings. The van der Waals surface area contributed by atoms with Crippen LogP contribution in [0.2, 0.25) is 0 Å². The number of hydrogen-bond donors (Lipinski definition) is 2. The first-order valence-electron chi connectivity index (χ1n) is 5.23. The van der Waals surface area contributed by atoms with E-state index < -0.39 is 45.7 Å². The lowest BCUT2D eigenvalue weighted by atomic mass is 10.2. The summed E-state index contributed by atoms with van der Waals surface area (Å²) < 4.78 is 88.5. The summed E-state index contributed by atoms with van der Waals surface area (Å²) in [5.74, 6) is -3.54. The lowest BCUT2D eigenvalue weighted by Crippen LogP contribution is -2.41. The highest BCUT2D eigenvalue weighted by Crippen LogP contribution is 2.33. The van der Waals surface area contributed by atoms with Crippen LogP contribution in [0.15, 0.2) is 29.2 Å². The molecule has 0 aliphatic carbocycles. The Morgan fingerprint density at radius 2 is 1.62 bits per heavy atom. The van der Waals surface area contributed by atoms with Crippen LogP contribution in [-0.2, 0) is 16.2 Å². The molecule has 122 valence electrons. The minimum atomic E-state index is -4.91. The van der Waals surface area contributed by atoms with Gasteiger partial charge in [0.25, 0.3) is 5.92 Å². The molecular weight excluding hydrogens is 343 g/mol. The molecule has 0 aliphatic heterocycles. The number of nitrogens with two attached hydrogens (primary N) is 1. The Labute approximate surface area is 124 Å². The van der Waals surface area contributed by atoms with E-state index in [9.17, 15) is 30.4 Å². The summed E-state index contributed by atoms with van der Waals surface area (Å²) in [6.45, 7) is -2.51. The summed E-state index contributed by atoms with van der Waals surface area (Å²) in [6.07, 6.45) is -4.91. The van der Waals surface area contributed by atoms with Crippen LogP contribution in [-0.4, -0.2) is 27.4 Å². The van der Waals surface area contributed by atoms with Gasteiger partial charge in [0, 0.05) is 0 Å². The molecule has 0 radical (unpaired) electrons. The number of benzene rings is 1. The summed E-state index contributed by atoms with van der Waals surface area (Å²) in [5.41, 5.74) is 3.28. The van der Waals surface area contributed by atoms with Crippen LogP contribution in [0.5, 0.6) is 0 Å². The van der Waals surface area contributed by atoms with Gasteiger partial charge in [0.1, 0.15) is 0 Å². The summed E-state index contributed by atoms with van der Waals surface area (Å²) in [5, 5.41) is 0. The number of rotatable bonds is 5. The largest absolute Gasteiger partial charge is 0.417 e. The minimum Gasteiger partial charge on any atom is -0.325 e. The SMILES string of the molecule is Cl.NCC(F)(F)CNS(=O)(=O)c1ccccc1C(F)(F)F. The van der Waals surface area contributed by atoms with E-state index in [0.29, 0.717) is 12.1 Å². The van der Waals surface area contributed by atoms with Gasteiger partial charge in [0.15, 0.2) is 0 Å². The average Bonchev–Trinajstić information content (AvgIpc) is 2.36. The fraction of sp³-hybridized carbons (Fsp3) is 0.400. The number of hydrogen-bond acceptors (Lipinski definition) is 3. The van der Waals surface area contributed by atoms with Gasteiger partial charge in [-0.3, -0.25) is 0 Å². The van der Waals surface area contributed by atoms with Crippen LogP contribution >= 0.6 is 12.4 Å². The van der Waals surface area contributed by atoms with Gasteiger partial charge in [0.2, 0.25) is 10.0 Å². The van der Waals surface area contributed by atoms with E-state index in [2.05, 4.69) is 0 Å². The molecule has 0 spiro atoms. The standard InChI is InChI=1S/C10H11F5N2O2S.ClH/c11-9(12,5-16)6-17-20(18,19)8-4-2-1-3-7(8)10(13,14)15;/h1-4,17H,5-6,16H2;1H. The average molecular weight is 355 g/mol. The molecule has 0 fully saturated rings. The maximum absolute atomic E-state index is 12.9. The van der Waals surface area contributed by atoms with Crippen LogP contribution in [0.1, 0.15) is 5.56 Å². The molecule has 21 heavy (non-hydrogen) atoms. The summed E-state index contributed by atoms with van der Waals surface area (Å²) >= 11 is 0. The maximum Gasteiger partial charge on any atom is 0.417 e. The molecule has 0 saturated heterocycles. The number of alkyl halides is 5. The zero-order chi connectivity index (χ0) is 15.6. The first kappa shape index (κ1) is 20.0. The van der Waals surface area contributed by atoms with Gasteiger partial charge in [-0.25, -0.2) is 21.9 Å². The first-order chi connectivity index (χ1) is 8.99. The lowest BCUT2D eigenvalue weighted by Gasteiger charge is -2.17. The Morgan fingerprint density at radius 3 is 2.10 bits per heavy atom. The third-order valence-corrected chi connectivity index (χ3v) is 3.76. The Bertz CT molecular complexity index is 577. The lowest BCUT2D eigenvalue weighted by molar-refractivity contribution is -0.139. The van der Waals surface area contributed by atoms with Crippen molar-refractivity contribution in [2.45, 2.75) is 17.0 Å². The van der Waals surface area contributed by atoms with Crippen LogP contribution in [0.25, 0.3) is 0 Å². The van der Waals surface area contributed by atoms with Gasteiger partial charge < -0.3 is 5.73 Å². The Morgan fingerprint density at radius 1 is 1.10 bits per heavy atom. The van der Waals surface area contributed by atoms with Crippen LogP contribution in [0, 0.1) is 0 Å². The second-order valence-electron chi connectivity index (χ2n) is 3.88. The van der Waals surface area contributed by atoms with Gasteiger partial charge in [-0.05, 0) is 12.1 Å². The summed E-state index contributed by atoms with van der Waals surface area (Å²) in [6, 6.07) is 3.29. The predicted molar refractivity (Wildman–Crippen MR) is 67.9 cm³/mol. The first-order valence-corrected chi connectivity index (χ1v) is 6.72. The van der Waals surface area contributed by atoms with E-state index in [-0.39, 0.29) is 12.4 Å². The zero-order valence-electron chi connectivity index (χ0n) is 10.3. The topological polar surface area (TPSA) is 72.2 Å². The molecule has 1 rings (SSSR count). The van der Waals surface area contributed by atoms with Crippen molar-refractivity contribution in [1.29, 1.82) is 0 Å². The molecule has 1 aromatic carbocycles. The normalized spacial score (nSPS) is 12.9. The molecule has 11 heteroatoms. The zero-order valence-corrected chi connectivity index (χ0v) is 12.0. The third kappa shape index (κ3) is 5.38. The highest BCUT2D eigenvalue weighted by Gasteiger charge is 2.38. The molecule has 0 bridgehead atoms. The molecule has 1 aromatic rings. The van der Waals surface area contributed by atoms with Crippen molar-refractivity contribution >= 4 is 22.4 Å². The van der Waals surface area contributed by atoms with Crippen molar-refractivity contribution in [3.05, 3.63) is 29.8 Å². The molecule has 0 heterocycles. The maximum atomic E-state index is 12.9. The molecule has 4 nitrogen and oxygen atoms in total. The van der Waals surface area contributed by atoms with Crippen LogP contribution in [0.3, 0.4) is 0 Å². The van der Waals surface area contributed by atoms with E-state index in [1.165, 1.54) is 4.72 Å². The van der Waals surface area contributed by atoms with E-state index in [1.54, 1.807) is 0 Å². The van der Waals surface area contributed by atoms with Gasteiger partial charge in [-0.2, -0.15) is 13.2 Å².